The van der Waals surface area contributed by atoms with Crippen LogP contribution in [0.2, 0.25) is 0 Å². The minimum atomic E-state index is 0. The van der Waals surface area contributed by atoms with Crippen LogP contribution in [0.15, 0.2) is 36.7 Å². The van der Waals surface area contributed by atoms with E-state index in [9.17, 15) is 0 Å². The van der Waals surface area contributed by atoms with Gasteiger partial charge in [-0.3, -0.25) is 4.98 Å². The fourth-order valence-corrected chi connectivity index (χ4v) is 2.55. The molecule has 1 aromatic heterocycles. The number of hydrogen-bond donors (Lipinski definition) is 1. The third-order valence-corrected chi connectivity index (χ3v) is 3.83. The number of fused-ring (bicyclic) bond motifs is 1. The molecule has 0 aliphatic heterocycles. The van der Waals surface area contributed by atoms with Crippen molar-refractivity contribution in [3.8, 4) is 0 Å². The Morgan fingerprint density at radius 2 is 2.00 bits per heavy atom. The fourth-order valence-electron chi connectivity index (χ4n) is 2.55. The Morgan fingerprint density at radius 1 is 1.14 bits per heavy atom. The van der Waals surface area contributed by atoms with Crippen LogP contribution in [-0.2, 0) is 6.54 Å². The van der Waals surface area contributed by atoms with Gasteiger partial charge in [-0.15, -0.1) is 0 Å². The summed E-state index contributed by atoms with van der Waals surface area (Å²) >= 11 is 0. The van der Waals surface area contributed by atoms with Crippen LogP contribution < -0.4 is 5.32 Å². The second kappa shape index (κ2) is 9.51. The molecule has 1 atom stereocenters. The third-order valence-electron chi connectivity index (χ3n) is 3.83. The summed E-state index contributed by atoms with van der Waals surface area (Å²) in [5, 5.41) is 6.06. The van der Waals surface area contributed by atoms with Crippen molar-refractivity contribution in [3.63, 3.8) is 0 Å². The topological polar surface area (TPSA) is 24.9 Å². The molecule has 0 spiro atoms. The lowest BCUT2D eigenvalue weighted by Crippen LogP contribution is -2.20. The zero-order chi connectivity index (χ0) is 14.2. The molecule has 0 aliphatic carbocycles. The second-order valence-corrected chi connectivity index (χ2v) is 5.79. The number of rotatable bonds is 8. The predicted molar refractivity (Wildman–Crippen MR) is 93.5 cm³/mol. The molecule has 0 aliphatic rings. The van der Waals surface area contributed by atoms with Crippen LogP contribution in [0.1, 0.15) is 52.5 Å². The Labute approximate surface area is 130 Å². The van der Waals surface area contributed by atoms with E-state index in [1.165, 1.54) is 42.0 Å². The smallest absolute Gasteiger partial charge is 0.0346 e. The van der Waals surface area contributed by atoms with Crippen molar-refractivity contribution in [2.75, 3.05) is 6.54 Å². The van der Waals surface area contributed by atoms with Crippen molar-refractivity contribution in [3.05, 3.63) is 42.2 Å². The van der Waals surface area contributed by atoms with E-state index in [-0.39, 0.29) is 7.43 Å². The van der Waals surface area contributed by atoms with E-state index >= 15 is 0 Å². The van der Waals surface area contributed by atoms with E-state index in [0.29, 0.717) is 0 Å². The van der Waals surface area contributed by atoms with E-state index < -0.39 is 0 Å². The first-order valence-electron chi connectivity index (χ1n) is 7.83. The molecule has 1 heterocycles. The average Bonchev–Trinajstić information content (AvgIpc) is 2.47. The monoisotopic (exact) mass is 286 g/mol. The molecule has 2 aromatic rings. The maximum atomic E-state index is 4.15. The summed E-state index contributed by atoms with van der Waals surface area (Å²) in [4.78, 5) is 4.15. The van der Waals surface area contributed by atoms with Crippen molar-refractivity contribution in [2.45, 2.75) is 53.5 Å². The highest BCUT2D eigenvalue weighted by molar-refractivity contribution is 5.81. The maximum Gasteiger partial charge on any atom is 0.0346 e. The van der Waals surface area contributed by atoms with Gasteiger partial charge in [-0.05, 0) is 42.0 Å². The molecular weight excluding hydrogens is 256 g/mol. The van der Waals surface area contributed by atoms with E-state index in [2.05, 4.69) is 48.4 Å². The molecule has 0 saturated carbocycles. The number of pyridine rings is 1. The highest BCUT2D eigenvalue weighted by Crippen LogP contribution is 2.14. The molecule has 2 nitrogen and oxygen atoms in total. The van der Waals surface area contributed by atoms with Gasteiger partial charge >= 0.3 is 0 Å². The first kappa shape index (κ1) is 17.6. The second-order valence-electron chi connectivity index (χ2n) is 5.79. The molecule has 0 bridgehead atoms. The summed E-state index contributed by atoms with van der Waals surface area (Å²) in [6, 6.07) is 8.68. The normalized spacial score (nSPS) is 12.1. The van der Waals surface area contributed by atoms with E-state index in [0.717, 1.165) is 19.0 Å². The minimum absolute atomic E-state index is 0. The summed E-state index contributed by atoms with van der Waals surface area (Å²) < 4.78 is 0. The molecular formula is C19H30N2. The molecule has 0 fully saturated rings. The zero-order valence-corrected chi connectivity index (χ0v) is 12.7. The number of aromatic nitrogens is 1. The molecule has 0 radical (unpaired) electrons. The number of unbranched alkanes of at least 4 members (excludes halogenated alkanes) is 2. The average molecular weight is 286 g/mol. The lowest BCUT2D eigenvalue weighted by molar-refractivity contribution is 0.457. The first-order chi connectivity index (χ1) is 9.79. The van der Waals surface area contributed by atoms with Gasteiger partial charge in [-0.2, -0.15) is 0 Å². The molecule has 21 heavy (non-hydrogen) atoms. The van der Waals surface area contributed by atoms with Crippen LogP contribution in [-0.4, -0.2) is 11.5 Å². The SMILES string of the molecule is C.CCCCC[C@H](C)CNCc1ccc2cnccc2c1. The highest BCUT2D eigenvalue weighted by Gasteiger charge is 2.02. The van der Waals surface area contributed by atoms with Crippen molar-refractivity contribution >= 4 is 10.8 Å². The molecule has 0 amide bonds. The van der Waals surface area contributed by atoms with E-state index in [1.807, 2.05) is 12.4 Å². The number of nitrogens with one attached hydrogen (secondary N) is 1. The van der Waals surface area contributed by atoms with Gasteiger partial charge in [0.25, 0.3) is 0 Å². The van der Waals surface area contributed by atoms with Crippen molar-refractivity contribution in [2.24, 2.45) is 5.92 Å². The van der Waals surface area contributed by atoms with E-state index in [1.54, 1.807) is 0 Å². The minimum Gasteiger partial charge on any atom is -0.312 e. The Kier molecular flexibility index (Phi) is 7.99. The summed E-state index contributed by atoms with van der Waals surface area (Å²) in [6.45, 7) is 6.67. The lowest BCUT2D eigenvalue weighted by atomic mass is 10.0. The van der Waals surface area contributed by atoms with Crippen LogP contribution in [0.3, 0.4) is 0 Å². The van der Waals surface area contributed by atoms with Crippen LogP contribution in [0.4, 0.5) is 0 Å². The Hall–Kier alpha value is -1.41. The molecule has 116 valence electrons. The third kappa shape index (κ3) is 5.84. The number of benzene rings is 1. The highest BCUT2D eigenvalue weighted by atomic mass is 14.9. The van der Waals surface area contributed by atoms with Crippen LogP contribution >= 0.6 is 0 Å². The maximum absolute atomic E-state index is 4.15. The van der Waals surface area contributed by atoms with Gasteiger partial charge in [0.15, 0.2) is 0 Å². The zero-order valence-electron chi connectivity index (χ0n) is 12.7. The Balaban J connectivity index is 0.00000220. The van der Waals surface area contributed by atoms with Gasteiger partial charge < -0.3 is 5.32 Å². The quantitative estimate of drug-likeness (QED) is 0.677. The van der Waals surface area contributed by atoms with Crippen molar-refractivity contribution < 1.29 is 0 Å². The van der Waals surface area contributed by atoms with Gasteiger partial charge in [0, 0.05) is 24.3 Å². The summed E-state index contributed by atoms with van der Waals surface area (Å²) in [6.07, 6.45) is 9.15. The number of hydrogen-bond acceptors (Lipinski definition) is 2. The van der Waals surface area contributed by atoms with Gasteiger partial charge in [0.1, 0.15) is 0 Å². The van der Waals surface area contributed by atoms with Crippen LogP contribution in [0.5, 0.6) is 0 Å². The van der Waals surface area contributed by atoms with Gasteiger partial charge in [0.2, 0.25) is 0 Å². The predicted octanol–water partition coefficient (Wildman–Crippen LogP) is 5.18. The lowest BCUT2D eigenvalue weighted by Gasteiger charge is -2.12. The van der Waals surface area contributed by atoms with Crippen LogP contribution in [0.25, 0.3) is 10.8 Å². The summed E-state index contributed by atoms with van der Waals surface area (Å²) in [5.74, 6) is 0.770. The van der Waals surface area contributed by atoms with Gasteiger partial charge in [-0.1, -0.05) is 52.7 Å². The van der Waals surface area contributed by atoms with Gasteiger partial charge in [-0.25, -0.2) is 0 Å². The number of nitrogens with zero attached hydrogens (tertiary/aromatic N) is 1. The fraction of sp³-hybridized carbons (Fsp3) is 0.526. The van der Waals surface area contributed by atoms with Crippen molar-refractivity contribution in [1.82, 2.24) is 10.3 Å². The summed E-state index contributed by atoms with van der Waals surface area (Å²) in [7, 11) is 0. The largest absolute Gasteiger partial charge is 0.312 e. The molecule has 0 saturated heterocycles. The van der Waals surface area contributed by atoms with E-state index in [4.69, 9.17) is 0 Å². The Bertz CT molecular complexity index is 522. The molecule has 2 rings (SSSR count). The Morgan fingerprint density at radius 3 is 2.81 bits per heavy atom. The van der Waals surface area contributed by atoms with Gasteiger partial charge in [0.05, 0.1) is 0 Å². The molecule has 0 unspecified atom stereocenters. The standard InChI is InChI=1S/C18H26N2.CH4/c1-3-4-5-6-15(2)12-20-13-16-7-8-18-14-19-10-9-17(18)11-16;/h7-11,14-15,20H,3-6,12-13H2,1-2H3;1H4/t15-;/m0./s1. The van der Waals surface area contributed by atoms with Crippen LogP contribution in [0, 0.1) is 5.92 Å². The summed E-state index contributed by atoms with van der Waals surface area (Å²) in [5.41, 5.74) is 1.35. The molecule has 1 aromatic carbocycles. The first-order valence-corrected chi connectivity index (χ1v) is 7.83. The van der Waals surface area contributed by atoms with Crippen molar-refractivity contribution in [1.29, 1.82) is 0 Å². The molecule has 1 N–H and O–H groups in total. The molecule has 2 heteroatoms.